The van der Waals surface area contributed by atoms with Crippen molar-refractivity contribution >= 4 is 15.9 Å². The molecule has 66 heavy (non-hydrogen) atoms. The van der Waals surface area contributed by atoms with Gasteiger partial charge in [-0.2, -0.15) is 9.97 Å². The van der Waals surface area contributed by atoms with E-state index in [0.29, 0.717) is 51.3 Å². The molecule has 0 bridgehead atoms. The molecular formula is C50H47BrN6O9. The van der Waals surface area contributed by atoms with Gasteiger partial charge in [0.05, 0.1) is 53.2 Å². The van der Waals surface area contributed by atoms with Gasteiger partial charge >= 0.3 is 11.4 Å². The maximum atomic E-state index is 12.6. The first-order valence-corrected chi connectivity index (χ1v) is 23.0. The van der Waals surface area contributed by atoms with Gasteiger partial charge in [-0.3, -0.25) is 9.13 Å². The molecule has 2 aromatic carbocycles. The summed E-state index contributed by atoms with van der Waals surface area (Å²) in [6, 6.07) is 29.1. The molecule has 0 radical (unpaired) electrons. The van der Waals surface area contributed by atoms with Gasteiger partial charge in [-0.05, 0) is 132 Å². The monoisotopic (exact) mass is 954 g/mol. The van der Waals surface area contributed by atoms with Crippen molar-refractivity contribution in [3.05, 3.63) is 152 Å². The van der Waals surface area contributed by atoms with Crippen molar-refractivity contribution in [2.24, 2.45) is 0 Å². The number of benzene rings is 2. The second kappa shape index (κ2) is 19.9. The quantitative estimate of drug-likeness (QED) is 0.102. The molecule has 0 amide bonds. The number of hydrogen-bond acceptors (Lipinski definition) is 13. The molecule has 2 atom stereocenters. The maximum Gasteiger partial charge on any atom is 0.351 e. The van der Waals surface area contributed by atoms with Crippen molar-refractivity contribution in [1.29, 1.82) is 0 Å². The Hall–Kier alpha value is -6.62. The van der Waals surface area contributed by atoms with Gasteiger partial charge in [0.25, 0.3) is 0 Å². The SMILES string of the molecule is O=c1nc(OCC2CCCO2)cc2n1CCc1cc(OCc3cccc(-c4ccoc4)n3)ccc1-2.O=c1nc(OCC2CCCO2)cc2n1CCc1cc(OCc3cccc(Br)n3)ccc1-2. The van der Waals surface area contributed by atoms with Crippen LogP contribution in [0.15, 0.2) is 122 Å². The van der Waals surface area contributed by atoms with Gasteiger partial charge in [-0.25, -0.2) is 19.6 Å². The highest BCUT2D eigenvalue weighted by atomic mass is 79.9. The second-order valence-electron chi connectivity index (χ2n) is 16.4. The fourth-order valence-electron chi connectivity index (χ4n) is 8.58. The summed E-state index contributed by atoms with van der Waals surface area (Å²) in [5.74, 6) is 2.23. The fraction of sp³-hybridized carbons (Fsp3) is 0.320. The van der Waals surface area contributed by atoms with E-state index in [4.69, 9.17) is 32.8 Å². The Morgan fingerprint density at radius 1 is 0.621 bits per heavy atom. The highest BCUT2D eigenvalue weighted by Crippen LogP contribution is 2.34. The van der Waals surface area contributed by atoms with E-state index >= 15 is 0 Å². The summed E-state index contributed by atoms with van der Waals surface area (Å²) < 4.78 is 44.1. The van der Waals surface area contributed by atoms with Crippen LogP contribution in [-0.2, 0) is 48.6 Å². The summed E-state index contributed by atoms with van der Waals surface area (Å²) in [6.45, 7) is 4.24. The van der Waals surface area contributed by atoms with Crippen LogP contribution in [-0.4, -0.2) is 67.7 Å². The largest absolute Gasteiger partial charge is 0.487 e. The zero-order chi connectivity index (χ0) is 44.8. The number of fused-ring (bicyclic) bond motifs is 6. The average Bonchev–Trinajstić information content (AvgIpc) is 4.18. The number of ether oxygens (including phenoxy) is 6. The van der Waals surface area contributed by atoms with Crippen LogP contribution in [0.5, 0.6) is 23.3 Å². The van der Waals surface area contributed by atoms with Crippen LogP contribution >= 0.6 is 15.9 Å². The lowest BCUT2D eigenvalue weighted by atomic mass is 9.97. The first-order valence-electron chi connectivity index (χ1n) is 22.2. The maximum absolute atomic E-state index is 12.6. The zero-order valence-electron chi connectivity index (χ0n) is 36.1. The zero-order valence-corrected chi connectivity index (χ0v) is 37.7. The number of rotatable bonds is 13. The minimum Gasteiger partial charge on any atom is -0.487 e. The molecule has 15 nitrogen and oxygen atoms in total. The summed E-state index contributed by atoms with van der Waals surface area (Å²) >= 11 is 3.38. The van der Waals surface area contributed by atoms with Crippen molar-refractivity contribution in [2.75, 3.05) is 26.4 Å². The fourth-order valence-corrected chi connectivity index (χ4v) is 8.96. The standard InChI is InChI=1S/C27H25N3O5.C23H22BrN3O4/c31-27-29-26(35-17-22-4-2-11-33-22)14-25-23-7-6-21(13-18(23)8-10-30(25)27)34-16-20-3-1-5-24(28-20)19-9-12-32-15-19;24-21-5-1-3-16(25-21)13-30-17-6-7-19-15(11-17)8-9-27-20(19)12-22(26-23(27)28)31-14-18-4-2-10-29-18/h1,3,5-7,9,12-15,22H,2,4,8,10-11,16-17H2;1,3,5-7,11-12,18H,2,4,8-10,13-14H2. The van der Waals surface area contributed by atoms with E-state index in [0.717, 1.165) is 124 Å². The molecule has 0 aliphatic carbocycles. The van der Waals surface area contributed by atoms with Gasteiger partial charge in [-0.15, -0.1) is 0 Å². The van der Waals surface area contributed by atoms with Crippen LogP contribution in [0, 0.1) is 0 Å². The third-order valence-electron chi connectivity index (χ3n) is 11.9. The first kappa shape index (κ1) is 43.3. The minimum atomic E-state index is -0.292. The molecule has 2 fully saturated rings. The van der Waals surface area contributed by atoms with E-state index < -0.39 is 0 Å². The second-order valence-corrected chi connectivity index (χ2v) is 17.2. The van der Waals surface area contributed by atoms with Gasteiger partial charge in [0.15, 0.2) is 0 Å². The summed E-state index contributed by atoms with van der Waals surface area (Å²) in [5, 5.41) is 0. The van der Waals surface area contributed by atoms with Crippen LogP contribution in [0.25, 0.3) is 33.8 Å². The van der Waals surface area contributed by atoms with E-state index in [1.807, 2.05) is 91.0 Å². The number of aryl methyl sites for hydroxylation is 2. The lowest BCUT2D eigenvalue weighted by Crippen LogP contribution is -2.29. The summed E-state index contributed by atoms with van der Waals surface area (Å²) in [4.78, 5) is 42.5. The molecule has 4 aliphatic rings. The van der Waals surface area contributed by atoms with Crippen LogP contribution in [0.2, 0.25) is 0 Å². The molecule has 2 unspecified atom stereocenters. The van der Waals surface area contributed by atoms with Crippen LogP contribution < -0.4 is 30.3 Å². The number of pyridine rings is 2. The average molecular weight is 956 g/mol. The first-order chi connectivity index (χ1) is 32.4. The Labute approximate surface area is 388 Å². The van der Waals surface area contributed by atoms with Crippen LogP contribution in [0.1, 0.15) is 48.2 Å². The van der Waals surface area contributed by atoms with Gasteiger partial charge in [-0.1, -0.05) is 12.1 Å². The normalized spacial score (nSPS) is 16.8. The number of halogens is 1. The van der Waals surface area contributed by atoms with Crippen LogP contribution in [0.4, 0.5) is 0 Å². The van der Waals surface area contributed by atoms with E-state index in [2.05, 4.69) is 35.9 Å². The van der Waals surface area contributed by atoms with E-state index in [-0.39, 0.29) is 23.6 Å². The molecule has 11 rings (SSSR count). The molecule has 338 valence electrons. The van der Waals surface area contributed by atoms with Crippen molar-refractivity contribution in [2.45, 2.75) is 77.0 Å². The van der Waals surface area contributed by atoms with Gasteiger partial charge < -0.3 is 32.8 Å². The molecule has 7 aromatic rings. The lowest BCUT2D eigenvalue weighted by molar-refractivity contribution is 0.0661. The predicted molar refractivity (Wildman–Crippen MR) is 247 cm³/mol. The van der Waals surface area contributed by atoms with Crippen molar-refractivity contribution in [3.63, 3.8) is 0 Å². The Morgan fingerprint density at radius 3 is 1.70 bits per heavy atom. The molecule has 2 saturated heterocycles. The summed E-state index contributed by atoms with van der Waals surface area (Å²) in [6.07, 6.45) is 8.95. The molecule has 4 aliphatic heterocycles. The minimum absolute atomic E-state index is 0.0671. The highest BCUT2D eigenvalue weighted by Gasteiger charge is 2.24. The Bertz CT molecular complexity index is 2940. The van der Waals surface area contributed by atoms with Gasteiger partial charge in [0, 0.05) is 55.1 Å². The van der Waals surface area contributed by atoms with Crippen molar-refractivity contribution in [1.82, 2.24) is 29.1 Å². The predicted octanol–water partition coefficient (Wildman–Crippen LogP) is 8.02. The molecule has 0 spiro atoms. The van der Waals surface area contributed by atoms with Crippen LogP contribution in [0.3, 0.4) is 0 Å². The number of aromatic nitrogens is 6. The van der Waals surface area contributed by atoms with Crippen molar-refractivity contribution in [3.8, 4) is 57.0 Å². The van der Waals surface area contributed by atoms with E-state index in [9.17, 15) is 9.59 Å². The highest BCUT2D eigenvalue weighted by molar-refractivity contribution is 9.10. The Balaban J connectivity index is 0.000000156. The van der Waals surface area contributed by atoms with E-state index in [1.54, 1.807) is 21.7 Å². The summed E-state index contributed by atoms with van der Waals surface area (Å²) in [5.41, 5.74) is 8.77. The number of furan rings is 1. The lowest BCUT2D eigenvalue weighted by Gasteiger charge is -2.22. The number of nitrogens with zero attached hydrogens (tertiary/aromatic N) is 6. The van der Waals surface area contributed by atoms with Gasteiger partial charge in [0.2, 0.25) is 11.8 Å². The Kier molecular flexibility index (Phi) is 13.0. The molecular weight excluding hydrogens is 908 g/mol. The third kappa shape index (κ3) is 10.1. The Morgan fingerprint density at radius 2 is 1.18 bits per heavy atom. The van der Waals surface area contributed by atoms with Gasteiger partial charge in [0.1, 0.15) is 42.5 Å². The molecule has 9 heterocycles. The van der Waals surface area contributed by atoms with E-state index in [1.165, 1.54) is 0 Å². The van der Waals surface area contributed by atoms with Crippen molar-refractivity contribution < 1.29 is 32.8 Å². The molecule has 5 aromatic heterocycles. The molecule has 0 saturated carbocycles. The molecule has 0 N–H and O–H groups in total. The number of hydrogen-bond donors (Lipinski definition) is 0. The third-order valence-corrected chi connectivity index (χ3v) is 12.4. The molecule has 16 heteroatoms. The smallest absolute Gasteiger partial charge is 0.351 e. The summed E-state index contributed by atoms with van der Waals surface area (Å²) in [7, 11) is 0. The topological polar surface area (TPSA) is 164 Å².